The number of imide groups is 1. The molecule has 3 rings (SSSR count). The van der Waals surface area contributed by atoms with Gasteiger partial charge in [-0.2, -0.15) is 0 Å². The summed E-state index contributed by atoms with van der Waals surface area (Å²) >= 11 is 0. The second kappa shape index (κ2) is 5.92. The van der Waals surface area contributed by atoms with E-state index in [2.05, 4.69) is 5.32 Å². The number of para-hydroxylation sites is 1. The number of aromatic carboxylic acids is 1. The maximum atomic E-state index is 12.5. The maximum Gasteiger partial charge on any atom is 0.335 e. The number of carboxylic acids is 1. The van der Waals surface area contributed by atoms with Gasteiger partial charge in [0, 0.05) is 5.69 Å². The molecule has 2 amide bonds. The van der Waals surface area contributed by atoms with Crippen molar-refractivity contribution in [1.82, 2.24) is 0 Å². The minimum Gasteiger partial charge on any atom is -0.478 e. The Bertz CT molecular complexity index is 773. The molecule has 6 nitrogen and oxygen atoms in total. The third kappa shape index (κ3) is 2.91. The van der Waals surface area contributed by atoms with Crippen LogP contribution >= 0.6 is 0 Å². The molecule has 1 saturated heterocycles. The maximum absolute atomic E-state index is 12.5. The van der Waals surface area contributed by atoms with Crippen LogP contribution < -0.4 is 10.2 Å². The van der Waals surface area contributed by atoms with Crippen molar-refractivity contribution in [3.05, 3.63) is 60.2 Å². The van der Waals surface area contributed by atoms with Gasteiger partial charge in [-0.1, -0.05) is 24.3 Å². The van der Waals surface area contributed by atoms with Crippen molar-refractivity contribution in [3.63, 3.8) is 0 Å². The molecular formula is C17H14N2O4. The molecule has 1 aliphatic rings. The van der Waals surface area contributed by atoms with E-state index in [4.69, 9.17) is 5.11 Å². The van der Waals surface area contributed by atoms with Crippen LogP contribution in [0.4, 0.5) is 11.4 Å². The monoisotopic (exact) mass is 310 g/mol. The molecule has 1 atom stereocenters. The number of benzene rings is 2. The van der Waals surface area contributed by atoms with Crippen LogP contribution in [0.25, 0.3) is 0 Å². The summed E-state index contributed by atoms with van der Waals surface area (Å²) in [7, 11) is 0. The molecule has 6 heteroatoms. The van der Waals surface area contributed by atoms with E-state index in [1.165, 1.54) is 18.2 Å². The Hall–Kier alpha value is -3.15. The SMILES string of the molecule is O=C(O)c1cccc(N2C(=O)CC(Nc3ccccc3)C2=O)c1. The van der Waals surface area contributed by atoms with Crippen LogP contribution in [-0.2, 0) is 9.59 Å². The van der Waals surface area contributed by atoms with Gasteiger partial charge in [0.15, 0.2) is 0 Å². The van der Waals surface area contributed by atoms with Gasteiger partial charge in [0.2, 0.25) is 5.91 Å². The lowest BCUT2D eigenvalue weighted by Crippen LogP contribution is -2.34. The van der Waals surface area contributed by atoms with Crippen molar-refractivity contribution in [3.8, 4) is 0 Å². The highest BCUT2D eigenvalue weighted by Gasteiger charge is 2.39. The summed E-state index contributed by atoms with van der Waals surface area (Å²) in [6.07, 6.45) is 0.0328. The second-order valence-corrected chi connectivity index (χ2v) is 5.19. The van der Waals surface area contributed by atoms with E-state index in [0.29, 0.717) is 0 Å². The van der Waals surface area contributed by atoms with E-state index in [1.54, 1.807) is 6.07 Å². The first-order chi connectivity index (χ1) is 11.1. The number of hydrogen-bond donors (Lipinski definition) is 2. The Morgan fingerprint density at radius 2 is 1.83 bits per heavy atom. The third-order valence-corrected chi connectivity index (χ3v) is 3.61. The first-order valence-electron chi connectivity index (χ1n) is 7.08. The van der Waals surface area contributed by atoms with E-state index in [0.717, 1.165) is 10.6 Å². The average molecular weight is 310 g/mol. The van der Waals surface area contributed by atoms with Crippen LogP contribution in [0, 0.1) is 0 Å². The summed E-state index contributed by atoms with van der Waals surface area (Å²) in [5.41, 5.74) is 1.06. The summed E-state index contributed by atoms with van der Waals surface area (Å²) < 4.78 is 0. The van der Waals surface area contributed by atoms with Crippen LogP contribution in [-0.4, -0.2) is 28.9 Å². The fourth-order valence-electron chi connectivity index (χ4n) is 2.53. The number of nitrogens with one attached hydrogen (secondary N) is 1. The normalized spacial score (nSPS) is 17.4. The lowest BCUT2D eigenvalue weighted by atomic mass is 10.2. The standard InChI is InChI=1S/C17H14N2O4/c20-15-10-14(18-12-6-2-1-3-7-12)16(21)19(15)13-8-4-5-11(9-13)17(22)23/h1-9,14,18H,10H2,(H,22,23). The Kier molecular flexibility index (Phi) is 3.80. The average Bonchev–Trinajstić information content (AvgIpc) is 2.82. The topological polar surface area (TPSA) is 86.7 Å². The zero-order valence-electron chi connectivity index (χ0n) is 12.1. The Balaban J connectivity index is 1.84. The van der Waals surface area contributed by atoms with Crippen molar-refractivity contribution in [2.45, 2.75) is 12.5 Å². The molecule has 0 aliphatic carbocycles. The molecule has 2 N–H and O–H groups in total. The molecular weight excluding hydrogens is 296 g/mol. The van der Waals surface area contributed by atoms with Crippen LogP contribution in [0.3, 0.4) is 0 Å². The van der Waals surface area contributed by atoms with Crippen LogP contribution in [0.2, 0.25) is 0 Å². The largest absolute Gasteiger partial charge is 0.478 e. The van der Waals surface area contributed by atoms with Gasteiger partial charge < -0.3 is 10.4 Å². The highest BCUT2D eigenvalue weighted by Crippen LogP contribution is 2.25. The molecule has 0 bridgehead atoms. The lowest BCUT2D eigenvalue weighted by Gasteiger charge is -2.16. The van der Waals surface area contributed by atoms with Gasteiger partial charge >= 0.3 is 5.97 Å². The van der Waals surface area contributed by atoms with Crippen molar-refractivity contribution in [2.24, 2.45) is 0 Å². The second-order valence-electron chi connectivity index (χ2n) is 5.19. The summed E-state index contributed by atoms with van der Waals surface area (Å²) in [5.74, 6) is -1.85. The van der Waals surface area contributed by atoms with Gasteiger partial charge in [0.05, 0.1) is 17.7 Å². The molecule has 2 aromatic carbocycles. The predicted octanol–water partition coefficient (Wildman–Crippen LogP) is 2.13. The van der Waals surface area contributed by atoms with Gasteiger partial charge in [-0.3, -0.25) is 9.59 Å². The van der Waals surface area contributed by atoms with E-state index in [9.17, 15) is 14.4 Å². The molecule has 0 aromatic heterocycles. The number of amides is 2. The molecule has 0 radical (unpaired) electrons. The predicted molar refractivity (Wildman–Crippen MR) is 84.4 cm³/mol. The molecule has 1 aliphatic heterocycles. The number of carboxylic acid groups (broad SMARTS) is 1. The van der Waals surface area contributed by atoms with Gasteiger partial charge in [-0.25, -0.2) is 9.69 Å². The fourth-order valence-corrected chi connectivity index (χ4v) is 2.53. The highest BCUT2D eigenvalue weighted by atomic mass is 16.4. The zero-order chi connectivity index (χ0) is 16.4. The van der Waals surface area contributed by atoms with Gasteiger partial charge in [-0.15, -0.1) is 0 Å². The molecule has 1 heterocycles. The van der Waals surface area contributed by atoms with Crippen LogP contribution in [0.5, 0.6) is 0 Å². The van der Waals surface area contributed by atoms with Crippen molar-refractivity contribution in [2.75, 3.05) is 10.2 Å². The number of hydrogen-bond acceptors (Lipinski definition) is 4. The molecule has 2 aromatic rings. The van der Waals surface area contributed by atoms with Crippen molar-refractivity contribution >= 4 is 29.2 Å². The molecule has 1 fully saturated rings. The number of anilines is 2. The lowest BCUT2D eigenvalue weighted by molar-refractivity contribution is -0.121. The van der Waals surface area contributed by atoms with Gasteiger partial charge in [-0.05, 0) is 30.3 Å². The number of rotatable bonds is 4. The molecule has 1 unspecified atom stereocenters. The van der Waals surface area contributed by atoms with Crippen LogP contribution in [0.1, 0.15) is 16.8 Å². The van der Waals surface area contributed by atoms with Gasteiger partial charge in [0.25, 0.3) is 5.91 Å². The van der Waals surface area contributed by atoms with E-state index < -0.39 is 12.0 Å². The zero-order valence-corrected chi connectivity index (χ0v) is 12.1. The summed E-state index contributed by atoms with van der Waals surface area (Å²) in [6, 6.07) is 14.3. The number of nitrogens with zero attached hydrogens (tertiary/aromatic N) is 1. The molecule has 116 valence electrons. The van der Waals surface area contributed by atoms with Crippen molar-refractivity contribution < 1.29 is 19.5 Å². The first kappa shape index (κ1) is 14.8. The summed E-state index contributed by atoms with van der Waals surface area (Å²) in [5, 5.41) is 12.1. The highest BCUT2D eigenvalue weighted by molar-refractivity contribution is 6.23. The first-order valence-corrected chi connectivity index (χ1v) is 7.08. The Morgan fingerprint density at radius 1 is 1.09 bits per heavy atom. The molecule has 0 spiro atoms. The Morgan fingerprint density at radius 3 is 2.52 bits per heavy atom. The summed E-state index contributed by atoms with van der Waals surface area (Å²) in [4.78, 5) is 36.8. The van der Waals surface area contributed by atoms with Crippen molar-refractivity contribution in [1.29, 1.82) is 0 Å². The van der Waals surface area contributed by atoms with Gasteiger partial charge in [0.1, 0.15) is 6.04 Å². The minimum atomic E-state index is -1.11. The number of carbonyl (C=O) groups is 3. The molecule has 0 saturated carbocycles. The fraction of sp³-hybridized carbons (Fsp3) is 0.118. The van der Waals surface area contributed by atoms with E-state index >= 15 is 0 Å². The quantitative estimate of drug-likeness (QED) is 0.845. The molecule has 23 heavy (non-hydrogen) atoms. The van der Waals surface area contributed by atoms with E-state index in [-0.39, 0.29) is 29.5 Å². The number of carbonyl (C=O) groups excluding carboxylic acids is 2. The van der Waals surface area contributed by atoms with Crippen LogP contribution in [0.15, 0.2) is 54.6 Å². The smallest absolute Gasteiger partial charge is 0.335 e. The van der Waals surface area contributed by atoms with E-state index in [1.807, 2.05) is 30.3 Å². The summed E-state index contributed by atoms with van der Waals surface area (Å²) in [6.45, 7) is 0. The third-order valence-electron chi connectivity index (χ3n) is 3.61. The Labute approximate surface area is 132 Å². The minimum absolute atomic E-state index is 0.0302.